The molecule has 2 aromatic carbocycles. The van der Waals surface area contributed by atoms with Gasteiger partial charge in [0.2, 0.25) is 0 Å². The van der Waals surface area contributed by atoms with Crippen molar-refractivity contribution in [3.8, 4) is 5.69 Å². The van der Waals surface area contributed by atoms with Crippen molar-refractivity contribution in [2.24, 2.45) is 0 Å². The summed E-state index contributed by atoms with van der Waals surface area (Å²) in [5, 5.41) is 8.32. The molecule has 6 heteroatoms. The highest BCUT2D eigenvalue weighted by molar-refractivity contribution is 5.79. The van der Waals surface area contributed by atoms with E-state index in [1.807, 2.05) is 18.2 Å². The third-order valence-corrected chi connectivity index (χ3v) is 3.80. The van der Waals surface area contributed by atoms with E-state index >= 15 is 0 Å². The molecule has 23 heavy (non-hydrogen) atoms. The van der Waals surface area contributed by atoms with Gasteiger partial charge in [-0.15, -0.1) is 5.10 Å². The number of rotatable bonds is 4. The molecule has 0 bridgehead atoms. The summed E-state index contributed by atoms with van der Waals surface area (Å²) in [5.74, 6) is 0. The third kappa shape index (κ3) is 3.06. The molecule has 0 saturated heterocycles. The van der Waals surface area contributed by atoms with Crippen molar-refractivity contribution in [1.82, 2.24) is 15.0 Å². The Balaban J connectivity index is 2.00. The average molecular weight is 319 g/mol. The number of halogens is 3. The highest BCUT2D eigenvalue weighted by atomic mass is 19.4. The van der Waals surface area contributed by atoms with Gasteiger partial charge in [0.1, 0.15) is 5.52 Å². The number of hydrogen-bond acceptors (Lipinski definition) is 2. The summed E-state index contributed by atoms with van der Waals surface area (Å²) in [6.45, 7) is 2.12. The monoisotopic (exact) mass is 319 g/mol. The SMILES string of the molecule is CCCCc1cccc2c1nnn2-c1ccc(C(F)(F)F)cc1. The lowest BCUT2D eigenvalue weighted by molar-refractivity contribution is -0.137. The predicted octanol–water partition coefficient (Wildman–Crippen LogP) is 4.78. The molecule has 3 nitrogen and oxygen atoms in total. The van der Waals surface area contributed by atoms with Crippen LogP contribution < -0.4 is 0 Å². The van der Waals surface area contributed by atoms with E-state index in [9.17, 15) is 13.2 Å². The number of aryl methyl sites for hydroxylation is 1. The number of unbranched alkanes of at least 4 members (excludes halogenated alkanes) is 1. The smallest absolute Gasteiger partial charge is 0.213 e. The van der Waals surface area contributed by atoms with Crippen LogP contribution in [0.5, 0.6) is 0 Å². The van der Waals surface area contributed by atoms with Gasteiger partial charge < -0.3 is 0 Å². The molecule has 0 radical (unpaired) electrons. The zero-order valence-electron chi connectivity index (χ0n) is 12.6. The van der Waals surface area contributed by atoms with Crippen LogP contribution >= 0.6 is 0 Å². The second-order valence-electron chi connectivity index (χ2n) is 5.43. The maximum absolute atomic E-state index is 12.7. The molecule has 0 atom stereocenters. The van der Waals surface area contributed by atoms with Gasteiger partial charge in [0.15, 0.2) is 0 Å². The number of alkyl halides is 3. The molecule has 0 amide bonds. The van der Waals surface area contributed by atoms with Crippen molar-refractivity contribution < 1.29 is 13.2 Å². The van der Waals surface area contributed by atoms with Crippen molar-refractivity contribution in [3.63, 3.8) is 0 Å². The fraction of sp³-hybridized carbons (Fsp3) is 0.294. The standard InChI is InChI=1S/C17H16F3N3/c1-2-3-5-12-6-4-7-15-16(12)21-22-23(15)14-10-8-13(9-11-14)17(18,19)20/h4,6-11H,2-3,5H2,1H3. The lowest BCUT2D eigenvalue weighted by Crippen LogP contribution is -2.05. The van der Waals surface area contributed by atoms with Crippen LogP contribution in [-0.4, -0.2) is 15.0 Å². The molecular formula is C17H16F3N3. The van der Waals surface area contributed by atoms with E-state index in [-0.39, 0.29) is 0 Å². The zero-order valence-corrected chi connectivity index (χ0v) is 12.6. The molecule has 120 valence electrons. The van der Waals surface area contributed by atoms with Gasteiger partial charge in [-0.05, 0) is 48.7 Å². The average Bonchev–Trinajstić information content (AvgIpc) is 2.97. The largest absolute Gasteiger partial charge is 0.416 e. The molecule has 0 N–H and O–H groups in total. The first kappa shape index (κ1) is 15.5. The van der Waals surface area contributed by atoms with Gasteiger partial charge in [0, 0.05) is 0 Å². The van der Waals surface area contributed by atoms with Crippen LogP contribution in [0.2, 0.25) is 0 Å². The van der Waals surface area contributed by atoms with E-state index in [2.05, 4.69) is 17.2 Å². The Bertz CT molecular complexity index is 804. The quantitative estimate of drug-likeness (QED) is 0.693. The van der Waals surface area contributed by atoms with Gasteiger partial charge in [-0.2, -0.15) is 13.2 Å². The number of nitrogens with zero attached hydrogens (tertiary/aromatic N) is 3. The van der Waals surface area contributed by atoms with E-state index in [1.165, 1.54) is 12.1 Å². The number of aromatic nitrogens is 3. The van der Waals surface area contributed by atoms with Gasteiger partial charge in [-0.1, -0.05) is 30.7 Å². The highest BCUT2D eigenvalue weighted by Gasteiger charge is 2.30. The van der Waals surface area contributed by atoms with Crippen molar-refractivity contribution in [2.75, 3.05) is 0 Å². The molecule has 1 heterocycles. The van der Waals surface area contributed by atoms with Gasteiger partial charge in [0.25, 0.3) is 0 Å². The van der Waals surface area contributed by atoms with Crippen LogP contribution in [0, 0.1) is 0 Å². The van der Waals surface area contributed by atoms with Crippen LogP contribution in [0.1, 0.15) is 30.9 Å². The van der Waals surface area contributed by atoms with Crippen molar-refractivity contribution >= 4 is 11.0 Å². The van der Waals surface area contributed by atoms with E-state index in [1.54, 1.807) is 4.68 Å². The van der Waals surface area contributed by atoms with Gasteiger partial charge in [-0.25, -0.2) is 4.68 Å². The molecular weight excluding hydrogens is 303 g/mol. The lowest BCUT2D eigenvalue weighted by Gasteiger charge is -2.08. The molecule has 0 unspecified atom stereocenters. The summed E-state index contributed by atoms with van der Waals surface area (Å²) in [6.07, 6.45) is -1.27. The van der Waals surface area contributed by atoms with E-state index in [0.29, 0.717) is 5.69 Å². The van der Waals surface area contributed by atoms with Crippen molar-refractivity contribution in [1.29, 1.82) is 0 Å². The Morgan fingerprint density at radius 2 is 1.78 bits per heavy atom. The van der Waals surface area contributed by atoms with Crippen LogP contribution in [0.4, 0.5) is 13.2 Å². The fourth-order valence-electron chi connectivity index (χ4n) is 2.55. The first-order valence-electron chi connectivity index (χ1n) is 7.51. The van der Waals surface area contributed by atoms with Crippen LogP contribution in [0.25, 0.3) is 16.7 Å². The summed E-state index contributed by atoms with van der Waals surface area (Å²) in [4.78, 5) is 0. The number of fused-ring (bicyclic) bond motifs is 1. The zero-order chi connectivity index (χ0) is 16.4. The summed E-state index contributed by atoms with van der Waals surface area (Å²) in [7, 11) is 0. The second kappa shape index (κ2) is 6.02. The Hall–Kier alpha value is -2.37. The maximum Gasteiger partial charge on any atom is 0.416 e. The molecule has 0 spiro atoms. The maximum atomic E-state index is 12.7. The summed E-state index contributed by atoms with van der Waals surface area (Å²) < 4.78 is 39.5. The Labute approximate surface area is 131 Å². The minimum absolute atomic E-state index is 0.563. The Morgan fingerprint density at radius 3 is 2.43 bits per heavy atom. The second-order valence-corrected chi connectivity index (χ2v) is 5.43. The van der Waals surface area contributed by atoms with Gasteiger partial charge in [0.05, 0.1) is 16.8 Å². The molecule has 0 aliphatic carbocycles. The first-order valence-corrected chi connectivity index (χ1v) is 7.51. The normalized spacial score (nSPS) is 12.0. The summed E-state index contributed by atoms with van der Waals surface area (Å²) in [5.41, 5.74) is 2.61. The van der Waals surface area contributed by atoms with Crippen LogP contribution in [-0.2, 0) is 12.6 Å². The fourth-order valence-corrected chi connectivity index (χ4v) is 2.55. The number of hydrogen-bond donors (Lipinski definition) is 0. The summed E-state index contributed by atoms with van der Waals surface area (Å²) >= 11 is 0. The first-order chi connectivity index (χ1) is 11.0. The lowest BCUT2D eigenvalue weighted by atomic mass is 10.1. The Kier molecular flexibility index (Phi) is 4.07. The molecule has 3 aromatic rings. The molecule has 3 rings (SSSR count). The molecule has 0 fully saturated rings. The molecule has 0 aliphatic heterocycles. The highest BCUT2D eigenvalue weighted by Crippen LogP contribution is 2.30. The van der Waals surface area contributed by atoms with Gasteiger partial charge in [-0.3, -0.25) is 0 Å². The topological polar surface area (TPSA) is 30.7 Å². The van der Waals surface area contributed by atoms with E-state index in [4.69, 9.17) is 0 Å². The minimum Gasteiger partial charge on any atom is -0.213 e. The molecule has 1 aromatic heterocycles. The van der Waals surface area contributed by atoms with Crippen molar-refractivity contribution in [2.45, 2.75) is 32.4 Å². The minimum atomic E-state index is -4.34. The van der Waals surface area contributed by atoms with E-state index < -0.39 is 11.7 Å². The molecule has 0 saturated carbocycles. The van der Waals surface area contributed by atoms with Crippen molar-refractivity contribution in [3.05, 3.63) is 53.6 Å². The van der Waals surface area contributed by atoms with Crippen LogP contribution in [0.15, 0.2) is 42.5 Å². The van der Waals surface area contributed by atoms with Crippen LogP contribution in [0.3, 0.4) is 0 Å². The van der Waals surface area contributed by atoms with E-state index in [0.717, 1.165) is 48.0 Å². The number of benzene rings is 2. The van der Waals surface area contributed by atoms with Gasteiger partial charge >= 0.3 is 6.18 Å². The molecule has 0 aliphatic rings. The predicted molar refractivity (Wildman–Crippen MR) is 82.5 cm³/mol. The third-order valence-electron chi connectivity index (χ3n) is 3.80. The summed E-state index contributed by atoms with van der Waals surface area (Å²) in [6, 6.07) is 10.8. The Morgan fingerprint density at radius 1 is 1.04 bits per heavy atom.